The van der Waals surface area contributed by atoms with Gasteiger partial charge in [0.05, 0.1) is 41.5 Å². The van der Waals surface area contributed by atoms with Gasteiger partial charge in [-0.15, -0.1) is 0 Å². The Kier molecular flexibility index (Phi) is 8.27. The van der Waals surface area contributed by atoms with Crippen molar-refractivity contribution in [3.8, 4) is 23.3 Å². The zero-order valence-corrected chi connectivity index (χ0v) is 19.5. The van der Waals surface area contributed by atoms with Crippen molar-refractivity contribution < 1.29 is 23.9 Å². The molecule has 3 rings (SSSR count). The van der Waals surface area contributed by atoms with E-state index >= 15 is 0 Å². The predicted octanol–water partition coefficient (Wildman–Crippen LogP) is 5.35. The topological polar surface area (TPSA) is 124 Å². The van der Waals surface area contributed by atoms with Crippen molar-refractivity contribution in [2.75, 3.05) is 26.1 Å². The molecule has 0 unspecified atom stereocenters. The number of ether oxygens (including phenoxy) is 3. The molecular weight excluding hydrogens is 474 g/mol. The maximum Gasteiger partial charge on any atom is 0.269 e. The summed E-state index contributed by atoms with van der Waals surface area (Å²) in [6.45, 7) is -0.338. The highest BCUT2D eigenvalue weighted by Gasteiger charge is 2.15. The number of hydrogen-bond donors (Lipinski definition) is 1. The molecule has 0 aliphatic heterocycles. The molecule has 9 nitrogen and oxygen atoms in total. The van der Waals surface area contributed by atoms with Crippen molar-refractivity contribution in [1.29, 1.82) is 5.26 Å². The van der Waals surface area contributed by atoms with Crippen LogP contribution in [-0.4, -0.2) is 31.7 Å². The van der Waals surface area contributed by atoms with Crippen LogP contribution >= 0.6 is 11.6 Å². The second-order valence-electron chi connectivity index (χ2n) is 7.05. The van der Waals surface area contributed by atoms with Crippen LogP contribution in [0, 0.1) is 21.4 Å². The third kappa shape index (κ3) is 6.28. The normalized spacial score (nSPS) is 10.7. The van der Waals surface area contributed by atoms with Gasteiger partial charge in [-0.25, -0.2) is 0 Å². The number of nitro groups is 1. The first kappa shape index (κ1) is 25.1. The Morgan fingerprint density at radius 2 is 1.80 bits per heavy atom. The van der Waals surface area contributed by atoms with E-state index in [1.165, 1.54) is 38.5 Å². The number of anilines is 1. The average molecular weight is 494 g/mol. The molecule has 10 heteroatoms. The number of benzene rings is 3. The van der Waals surface area contributed by atoms with E-state index < -0.39 is 10.8 Å². The number of carbonyl (C=O) groups excluding carboxylic acids is 1. The Balaban J connectivity index is 1.79. The summed E-state index contributed by atoms with van der Waals surface area (Å²) in [7, 11) is 2.92. The number of nitrogens with one attached hydrogen (secondary N) is 1. The average Bonchev–Trinajstić information content (AvgIpc) is 2.86. The molecule has 0 fully saturated rings. The van der Waals surface area contributed by atoms with Crippen molar-refractivity contribution in [3.05, 3.63) is 86.9 Å². The molecule has 0 bridgehead atoms. The number of nitro benzene ring substituents is 1. The number of methoxy groups -OCH3 is 2. The quantitative estimate of drug-likeness (QED) is 0.184. The molecular formula is C25H20ClN3O6. The van der Waals surface area contributed by atoms with Crippen LogP contribution in [0.2, 0.25) is 5.02 Å². The molecule has 0 aliphatic rings. The van der Waals surface area contributed by atoms with Crippen LogP contribution in [0.3, 0.4) is 0 Å². The minimum atomic E-state index is -0.514. The van der Waals surface area contributed by atoms with Crippen LogP contribution in [0.1, 0.15) is 11.1 Å². The fraction of sp³-hybridized carbons (Fsp3) is 0.120. The highest BCUT2D eigenvalue weighted by atomic mass is 35.5. The molecule has 0 spiro atoms. The standard InChI is InChI=1S/C25H20ClN3O6/c1-33-22-6-4-3-5-21(22)28-24(30)15-35-25-20(26)12-16(13-23(25)34-2)11-18(14-27)17-7-9-19(10-8-17)29(31)32/h3-13H,15H2,1-2H3,(H,28,30). The lowest BCUT2D eigenvalue weighted by Crippen LogP contribution is -2.20. The Labute approximate surface area is 206 Å². The first-order valence-electron chi connectivity index (χ1n) is 10.2. The third-order valence-corrected chi connectivity index (χ3v) is 5.08. The van der Waals surface area contributed by atoms with E-state index in [1.807, 2.05) is 0 Å². The molecule has 0 aromatic heterocycles. The highest BCUT2D eigenvalue weighted by Crippen LogP contribution is 2.37. The molecule has 0 saturated heterocycles. The van der Waals surface area contributed by atoms with Crippen LogP contribution in [0.5, 0.6) is 17.2 Å². The number of hydrogen-bond acceptors (Lipinski definition) is 7. The molecule has 3 aromatic rings. The molecule has 0 radical (unpaired) electrons. The van der Waals surface area contributed by atoms with Gasteiger partial charge in [0.25, 0.3) is 11.6 Å². The second-order valence-corrected chi connectivity index (χ2v) is 7.45. The SMILES string of the molecule is COc1ccccc1NC(=O)COc1c(Cl)cc(C=C(C#N)c2ccc([N+](=O)[O-])cc2)cc1OC. The molecule has 3 aromatic carbocycles. The second kappa shape index (κ2) is 11.5. The number of para-hydroxylation sites is 2. The lowest BCUT2D eigenvalue weighted by Gasteiger charge is -2.14. The monoisotopic (exact) mass is 493 g/mol. The molecule has 35 heavy (non-hydrogen) atoms. The largest absolute Gasteiger partial charge is 0.495 e. The summed E-state index contributed by atoms with van der Waals surface area (Å²) in [6, 6.07) is 17.8. The summed E-state index contributed by atoms with van der Waals surface area (Å²) >= 11 is 6.39. The summed E-state index contributed by atoms with van der Waals surface area (Å²) < 4.78 is 16.2. The summed E-state index contributed by atoms with van der Waals surface area (Å²) in [4.78, 5) is 22.7. The number of nitrogens with zero attached hydrogens (tertiary/aromatic N) is 2. The number of carbonyl (C=O) groups is 1. The molecule has 178 valence electrons. The van der Waals surface area contributed by atoms with Crippen LogP contribution in [0.4, 0.5) is 11.4 Å². The zero-order chi connectivity index (χ0) is 25.4. The van der Waals surface area contributed by atoms with Crippen molar-refractivity contribution in [2.24, 2.45) is 0 Å². The van der Waals surface area contributed by atoms with E-state index in [9.17, 15) is 20.2 Å². The van der Waals surface area contributed by atoms with Gasteiger partial charge in [0.15, 0.2) is 18.1 Å². The van der Waals surface area contributed by atoms with Gasteiger partial charge < -0.3 is 19.5 Å². The van der Waals surface area contributed by atoms with Gasteiger partial charge in [0.1, 0.15) is 5.75 Å². The van der Waals surface area contributed by atoms with Gasteiger partial charge in [-0.1, -0.05) is 23.7 Å². The van der Waals surface area contributed by atoms with E-state index in [4.69, 9.17) is 25.8 Å². The Morgan fingerprint density at radius 3 is 2.43 bits per heavy atom. The minimum Gasteiger partial charge on any atom is -0.495 e. The van der Waals surface area contributed by atoms with Crippen LogP contribution in [0.15, 0.2) is 60.7 Å². The molecule has 0 aliphatic carbocycles. The number of rotatable bonds is 9. The molecule has 0 saturated carbocycles. The number of non-ortho nitro benzene ring substituents is 1. The Bertz CT molecular complexity index is 1320. The molecule has 1 N–H and O–H groups in total. The number of nitriles is 1. The van der Waals surface area contributed by atoms with Gasteiger partial charge in [0, 0.05) is 12.1 Å². The van der Waals surface area contributed by atoms with Crippen molar-refractivity contribution in [3.63, 3.8) is 0 Å². The summed E-state index contributed by atoms with van der Waals surface area (Å²) in [6.07, 6.45) is 1.56. The lowest BCUT2D eigenvalue weighted by atomic mass is 10.0. The van der Waals surface area contributed by atoms with E-state index in [1.54, 1.807) is 42.5 Å². The maximum absolute atomic E-state index is 12.4. The molecule has 1 amide bonds. The van der Waals surface area contributed by atoms with Gasteiger partial charge in [0.2, 0.25) is 0 Å². The Hall–Kier alpha value is -4.55. The van der Waals surface area contributed by atoms with Crippen molar-refractivity contribution in [1.82, 2.24) is 0 Å². The lowest BCUT2D eigenvalue weighted by molar-refractivity contribution is -0.384. The predicted molar refractivity (Wildman–Crippen MR) is 132 cm³/mol. The van der Waals surface area contributed by atoms with E-state index in [0.717, 1.165) is 0 Å². The van der Waals surface area contributed by atoms with Crippen LogP contribution in [-0.2, 0) is 4.79 Å². The maximum atomic E-state index is 12.4. The molecule has 0 heterocycles. The first-order chi connectivity index (χ1) is 16.9. The number of allylic oxidation sites excluding steroid dienone is 1. The molecule has 0 atom stereocenters. The van der Waals surface area contributed by atoms with E-state index in [0.29, 0.717) is 22.6 Å². The van der Waals surface area contributed by atoms with Gasteiger partial charge in [-0.05, 0) is 53.6 Å². The fourth-order valence-corrected chi connectivity index (χ4v) is 3.42. The van der Waals surface area contributed by atoms with Crippen molar-refractivity contribution >= 4 is 40.5 Å². The number of halogens is 1. The summed E-state index contributed by atoms with van der Waals surface area (Å²) in [5, 5.41) is 23.3. The van der Waals surface area contributed by atoms with Crippen LogP contribution < -0.4 is 19.5 Å². The fourth-order valence-electron chi connectivity index (χ4n) is 3.14. The smallest absolute Gasteiger partial charge is 0.269 e. The third-order valence-electron chi connectivity index (χ3n) is 4.80. The summed E-state index contributed by atoms with van der Waals surface area (Å²) in [5.74, 6) is 0.501. The zero-order valence-electron chi connectivity index (χ0n) is 18.8. The highest BCUT2D eigenvalue weighted by molar-refractivity contribution is 6.32. The Morgan fingerprint density at radius 1 is 1.11 bits per heavy atom. The van der Waals surface area contributed by atoms with Gasteiger partial charge in [-0.3, -0.25) is 14.9 Å². The van der Waals surface area contributed by atoms with Crippen molar-refractivity contribution in [2.45, 2.75) is 0 Å². The minimum absolute atomic E-state index is 0.0769. The first-order valence-corrected chi connectivity index (χ1v) is 10.5. The van der Waals surface area contributed by atoms with Gasteiger partial charge in [-0.2, -0.15) is 5.26 Å². The van der Waals surface area contributed by atoms with Crippen LogP contribution in [0.25, 0.3) is 11.6 Å². The number of amides is 1. The summed E-state index contributed by atoms with van der Waals surface area (Å²) in [5.41, 5.74) is 1.72. The van der Waals surface area contributed by atoms with E-state index in [-0.39, 0.29) is 34.4 Å². The van der Waals surface area contributed by atoms with E-state index in [2.05, 4.69) is 11.4 Å². The van der Waals surface area contributed by atoms with Gasteiger partial charge >= 0.3 is 0 Å².